The quantitative estimate of drug-likeness (QED) is 0.123. The van der Waals surface area contributed by atoms with Crippen LogP contribution in [0.15, 0.2) is 22.1 Å². The van der Waals surface area contributed by atoms with E-state index in [0.717, 1.165) is 38.4 Å². The molecule has 1 aromatic heterocycles. The minimum atomic E-state index is -2.11. The summed E-state index contributed by atoms with van der Waals surface area (Å²) in [4.78, 5) is 36.6. The van der Waals surface area contributed by atoms with E-state index in [2.05, 4.69) is 15.0 Å². The molecule has 6 atom stereocenters. The van der Waals surface area contributed by atoms with Gasteiger partial charge in [-0.3, -0.25) is 9.59 Å². The van der Waals surface area contributed by atoms with Crippen LogP contribution in [-0.4, -0.2) is 87.2 Å². The van der Waals surface area contributed by atoms with Crippen LogP contribution >= 0.6 is 0 Å². The average molecular weight is 619 g/mol. The summed E-state index contributed by atoms with van der Waals surface area (Å²) in [5.74, 6) is -1.16. The molecule has 1 aromatic rings. The number of hydrogen-bond donors (Lipinski definition) is 6. The van der Waals surface area contributed by atoms with E-state index in [1.165, 1.54) is 26.0 Å². The van der Waals surface area contributed by atoms with E-state index < -0.39 is 59.1 Å². The Kier molecular flexibility index (Phi) is 11.3. The number of aliphatic hydroxyl groups is 3. The Balaban J connectivity index is 1.92. The average Bonchev–Trinajstić information content (AvgIpc) is 3.55. The van der Waals surface area contributed by atoms with Crippen molar-refractivity contribution in [2.45, 2.75) is 115 Å². The molecule has 1 aliphatic heterocycles. The van der Waals surface area contributed by atoms with Crippen molar-refractivity contribution in [2.24, 2.45) is 32.8 Å². The van der Waals surface area contributed by atoms with Gasteiger partial charge >= 0.3 is 11.9 Å². The molecule has 44 heavy (non-hydrogen) atoms. The molecule has 0 amide bonds. The minimum Gasteiger partial charge on any atom is -0.463 e. The van der Waals surface area contributed by atoms with Crippen LogP contribution in [0.3, 0.4) is 0 Å². The number of esters is 2. The molecule has 0 aromatic carbocycles. The maximum atomic E-state index is 13.0. The normalized spacial score (nSPS) is 26.7. The maximum absolute atomic E-state index is 13.0. The SMILES string of the molecule is CC(C)(O)C(O)N=C(N=CN)c1ccc([C@]2(C#N)O[C@H](COC(=O)CC3CCCCC3)[C@@H](OC(=O)[C@@H](N)C(C)(C)C)[C@H]2O)[nH]1. The number of ether oxygens (including phenoxy) is 3. The number of aromatic amines is 1. The number of carbonyl (C=O) groups excluding carboxylic acids is 2. The second kappa shape index (κ2) is 14.2. The van der Waals surface area contributed by atoms with E-state index in [1.54, 1.807) is 20.8 Å². The highest BCUT2D eigenvalue weighted by Gasteiger charge is 2.59. The van der Waals surface area contributed by atoms with Gasteiger partial charge in [-0.1, -0.05) is 40.0 Å². The fraction of sp³-hybridized carbons (Fsp3) is 0.700. The Morgan fingerprint density at radius 3 is 2.48 bits per heavy atom. The van der Waals surface area contributed by atoms with Crippen LogP contribution in [0.4, 0.5) is 0 Å². The lowest BCUT2D eigenvalue weighted by atomic mass is 9.87. The smallest absolute Gasteiger partial charge is 0.323 e. The second-order valence-corrected chi connectivity index (χ2v) is 13.1. The molecule has 2 heterocycles. The fourth-order valence-electron chi connectivity index (χ4n) is 5.14. The van der Waals surface area contributed by atoms with Crippen molar-refractivity contribution >= 4 is 24.1 Å². The second-order valence-electron chi connectivity index (χ2n) is 13.1. The predicted octanol–water partition coefficient (Wildman–Crippen LogP) is 1.11. The molecule has 2 fully saturated rings. The molecule has 8 N–H and O–H groups in total. The van der Waals surface area contributed by atoms with Crippen molar-refractivity contribution in [1.29, 1.82) is 5.26 Å². The highest BCUT2D eigenvalue weighted by Crippen LogP contribution is 2.41. The summed E-state index contributed by atoms with van der Waals surface area (Å²) in [6.45, 7) is 7.58. The molecule has 244 valence electrons. The van der Waals surface area contributed by atoms with Gasteiger partial charge < -0.3 is 46.0 Å². The number of nitrogens with zero attached hydrogens (tertiary/aromatic N) is 3. The molecule has 2 aliphatic rings. The first-order valence-corrected chi connectivity index (χ1v) is 14.8. The van der Waals surface area contributed by atoms with Crippen LogP contribution in [0.5, 0.6) is 0 Å². The van der Waals surface area contributed by atoms with Crippen LogP contribution in [0.2, 0.25) is 0 Å². The Hall–Kier alpha value is -3.35. The van der Waals surface area contributed by atoms with E-state index in [4.69, 9.17) is 25.7 Å². The first-order valence-electron chi connectivity index (χ1n) is 14.8. The first-order chi connectivity index (χ1) is 20.5. The van der Waals surface area contributed by atoms with Crippen LogP contribution < -0.4 is 11.5 Å². The highest BCUT2D eigenvalue weighted by atomic mass is 16.6. The molecule has 1 unspecified atom stereocenters. The molecule has 14 heteroatoms. The number of aromatic nitrogens is 1. The number of H-pyrrole nitrogens is 1. The Labute approximate surface area is 257 Å². The molecule has 0 spiro atoms. The maximum Gasteiger partial charge on any atom is 0.323 e. The molecule has 1 saturated heterocycles. The summed E-state index contributed by atoms with van der Waals surface area (Å²) in [6, 6.07) is 3.81. The Morgan fingerprint density at radius 1 is 1.25 bits per heavy atom. The minimum absolute atomic E-state index is 0.0392. The van der Waals surface area contributed by atoms with Crippen LogP contribution in [-0.2, 0) is 29.4 Å². The van der Waals surface area contributed by atoms with E-state index in [9.17, 15) is 30.2 Å². The van der Waals surface area contributed by atoms with Crippen molar-refractivity contribution in [3.05, 3.63) is 23.5 Å². The molecule has 1 saturated carbocycles. The van der Waals surface area contributed by atoms with E-state index in [1.807, 2.05) is 6.07 Å². The van der Waals surface area contributed by atoms with Gasteiger partial charge in [0.15, 0.2) is 18.2 Å². The molecular formula is C30H46N6O8. The van der Waals surface area contributed by atoms with Gasteiger partial charge in [0.1, 0.15) is 36.5 Å². The fourth-order valence-corrected chi connectivity index (χ4v) is 5.14. The van der Waals surface area contributed by atoms with Gasteiger partial charge in [0, 0.05) is 6.42 Å². The summed E-state index contributed by atoms with van der Waals surface area (Å²) in [5.41, 5.74) is 7.40. The van der Waals surface area contributed by atoms with Gasteiger partial charge in [0.25, 0.3) is 0 Å². The largest absolute Gasteiger partial charge is 0.463 e. The summed E-state index contributed by atoms with van der Waals surface area (Å²) < 4.78 is 17.2. The number of nitrogens with one attached hydrogen (secondary N) is 1. The van der Waals surface area contributed by atoms with E-state index in [0.29, 0.717) is 0 Å². The third kappa shape index (κ3) is 8.22. The zero-order valence-corrected chi connectivity index (χ0v) is 26.0. The molecule has 0 radical (unpaired) electrons. The zero-order valence-electron chi connectivity index (χ0n) is 26.0. The Morgan fingerprint density at radius 2 is 1.91 bits per heavy atom. The third-order valence-corrected chi connectivity index (χ3v) is 8.03. The number of nitriles is 1. The molecule has 1 aliphatic carbocycles. The third-order valence-electron chi connectivity index (χ3n) is 8.03. The lowest BCUT2D eigenvalue weighted by Gasteiger charge is -2.29. The molecular weight excluding hydrogens is 572 g/mol. The van der Waals surface area contributed by atoms with Crippen LogP contribution in [0.25, 0.3) is 0 Å². The molecule has 3 rings (SSSR count). The predicted molar refractivity (Wildman–Crippen MR) is 160 cm³/mol. The van der Waals surface area contributed by atoms with Crippen molar-refractivity contribution in [1.82, 2.24) is 4.98 Å². The number of nitrogens with two attached hydrogens (primary N) is 2. The van der Waals surface area contributed by atoms with Crippen molar-refractivity contribution < 1.29 is 39.1 Å². The van der Waals surface area contributed by atoms with Gasteiger partial charge in [-0.25, -0.2) is 9.98 Å². The number of rotatable bonds is 10. The summed E-state index contributed by atoms with van der Waals surface area (Å²) in [7, 11) is 0. The van der Waals surface area contributed by atoms with Crippen molar-refractivity contribution in [3.8, 4) is 6.07 Å². The lowest BCUT2D eigenvalue weighted by Crippen LogP contribution is -2.49. The number of carbonyl (C=O) groups is 2. The van der Waals surface area contributed by atoms with Crippen LogP contribution in [0, 0.1) is 22.7 Å². The number of aliphatic imine (C=N–C) groups is 2. The molecule has 14 nitrogen and oxygen atoms in total. The van der Waals surface area contributed by atoms with Gasteiger partial charge in [-0.15, -0.1) is 0 Å². The van der Waals surface area contributed by atoms with Gasteiger partial charge in [-0.2, -0.15) is 5.26 Å². The van der Waals surface area contributed by atoms with Gasteiger partial charge in [0.05, 0.1) is 17.7 Å². The summed E-state index contributed by atoms with van der Waals surface area (Å²) >= 11 is 0. The summed E-state index contributed by atoms with van der Waals surface area (Å²) in [6.07, 6.45) is 0.372. The standard InChI is InChI=1S/C30H46N6O8/c1-28(2,3)23(33)26(39)43-22-19(14-42-21(37)13-17-9-7-6-8-10-17)44-30(15-31,24(22)38)20-12-11-18(35-20)25(34-16-32)36-27(40)29(4,5)41/h11-12,16-17,19,22-24,27,35,38,40-41H,6-10,13-14,33H2,1-5H3,(H2,32,34,36)/t19-,22-,23-,24-,27?,30+/m1/s1. The monoisotopic (exact) mass is 618 g/mol. The zero-order chi connectivity index (χ0) is 32.9. The molecule has 0 bridgehead atoms. The van der Waals surface area contributed by atoms with Gasteiger partial charge in [-0.05, 0) is 50.2 Å². The highest BCUT2D eigenvalue weighted by molar-refractivity contribution is 6.01. The summed E-state index contributed by atoms with van der Waals surface area (Å²) in [5, 5.41) is 42.3. The van der Waals surface area contributed by atoms with Gasteiger partial charge in [0.2, 0.25) is 5.60 Å². The van der Waals surface area contributed by atoms with Crippen molar-refractivity contribution in [2.75, 3.05) is 6.61 Å². The van der Waals surface area contributed by atoms with E-state index >= 15 is 0 Å². The topological polar surface area (TPSA) is 239 Å². The lowest BCUT2D eigenvalue weighted by molar-refractivity contribution is -0.163. The van der Waals surface area contributed by atoms with E-state index in [-0.39, 0.29) is 36.2 Å². The van der Waals surface area contributed by atoms with Crippen LogP contribution in [0.1, 0.15) is 84.5 Å². The first kappa shape index (κ1) is 35.1. The number of amidine groups is 1. The number of hydrogen-bond acceptors (Lipinski definition) is 11. The van der Waals surface area contributed by atoms with Crippen molar-refractivity contribution in [3.63, 3.8) is 0 Å². The number of aliphatic hydroxyl groups excluding tert-OH is 2. The Bertz CT molecular complexity index is 1250.